The van der Waals surface area contributed by atoms with Gasteiger partial charge in [0.2, 0.25) is 0 Å². The van der Waals surface area contributed by atoms with Gasteiger partial charge in [-0.1, -0.05) is 0 Å². The van der Waals surface area contributed by atoms with Gasteiger partial charge in [0.1, 0.15) is 11.8 Å². The summed E-state index contributed by atoms with van der Waals surface area (Å²) in [5, 5.41) is 17.7. The minimum Gasteiger partial charge on any atom is -0.484 e. The van der Waals surface area contributed by atoms with Crippen LogP contribution in [0.1, 0.15) is 5.56 Å². The van der Waals surface area contributed by atoms with Crippen molar-refractivity contribution in [2.24, 2.45) is 0 Å². The average Bonchev–Trinajstić information content (AvgIpc) is 2.95. The largest absolute Gasteiger partial charge is 0.484 e. The highest BCUT2D eigenvalue weighted by atomic mass is 32.2. The van der Waals surface area contributed by atoms with E-state index in [0.29, 0.717) is 22.9 Å². The third-order valence-electron chi connectivity index (χ3n) is 2.83. The molecule has 1 aliphatic heterocycles. The van der Waals surface area contributed by atoms with E-state index >= 15 is 0 Å². The van der Waals surface area contributed by atoms with E-state index in [1.165, 1.54) is 16.7 Å². The number of carboxylic acids is 1. The first-order chi connectivity index (χ1) is 9.61. The SMILES string of the molecule is N#Cc1ccc(OCC(=O)N2CSCC2C(=O)O)cc1. The molecule has 104 valence electrons. The van der Waals surface area contributed by atoms with Crippen LogP contribution < -0.4 is 4.74 Å². The summed E-state index contributed by atoms with van der Waals surface area (Å²) in [5.74, 6) is -0.116. The summed E-state index contributed by atoms with van der Waals surface area (Å²) in [7, 11) is 0. The Labute approximate surface area is 119 Å². The van der Waals surface area contributed by atoms with Crippen molar-refractivity contribution in [3.8, 4) is 11.8 Å². The molecule has 1 fully saturated rings. The molecule has 1 N–H and O–H groups in total. The predicted molar refractivity (Wildman–Crippen MR) is 72.2 cm³/mol. The molecule has 1 aliphatic rings. The van der Waals surface area contributed by atoms with Gasteiger partial charge in [0, 0.05) is 5.75 Å². The molecule has 1 aromatic carbocycles. The van der Waals surface area contributed by atoms with Crippen LogP contribution in [0.4, 0.5) is 0 Å². The molecule has 1 unspecified atom stereocenters. The first-order valence-electron chi connectivity index (χ1n) is 5.85. The van der Waals surface area contributed by atoms with Gasteiger partial charge >= 0.3 is 5.97 Å². The number of aliphatic carboxylic acids is 1. The van der Waals surface area contributed by atoms with Crippen molar-refractivity contribution in [3.05, 3.63) is 29.8 Å². The van der Waals surface area contributed by atoms with Crippen LogP contribution in [-0.4, -0.2) is 46.2 Å². The van der Waals surface area contributed by atoms with Crippen molar-refractivity contribution in [2.45, 2.75) is 6.04 Å². The average molecular weight is 292 g/mol. The van der Waals surface area contributed by atoms with Gasteiger partial charge in [-0.15, -0.1) is 11.8 Å². The number of hydrogen-bond donors (Lipinski definition) is 1. The van der Waals surface area contributed by atoms with Crippen molar-refractivity contribution in [2.75, 3.05) is 18.2 Å². The van der Waals surface area contributed by atoms with Gasteiger partial charge in [0.25, 0.3) is 5.91 Å². The second-order valence-corrected chi connectivity index (χ2v) is 5.14. The third-order valence-corrected chi connectivity index (χ3v) is 3.85. The number of carbonyl (C=O) groups is 2. The number of benzene rings is 1. The molecule has 6 nitrogen and oxygen atoms in total. The quantitative estimate of drug-likeness (QED) is 0.887. The summed E-state index contributed by atoms with van der Waals surface area (Å²) in [6, 6.07) is 7.57. The summed E-state index contributed by atoms with van der Waals surface area (Å²) < 4.78 is 5.30. The molecule has 1 aromatic rings. The fraction of sp³-hybridized carbons (Fsp3) is 0.308. The summed E-state index contributed by atoms with van der Waals surface area (Å²) in [6.07, 6.45) is 0. The second kappa shape index (κ2) is 6.30. The van der Waals surface area contributed by atoms with E-state index < -0.39 is 12.0 Å². The number of rotatable bonds is 4. The number of thioether (sulfide) groups is 1. The molecule has 20 heavy (non-hydrogen) atoms. The maximum atomic E-state index is 11.9. The first kappa shape index (κ1) is 14.2. The monoisotopic (exact) mass is 292 g/mol. The smallest absolute Gasteiger partial charge is 0.327 e. The zero-order valence-electron chi connectivity index (χ0n) is 10.5. The summed E-state index contributed by atoms with van der Waals surface area (Å²) in [4.78, 5) is 24.2. The van der Waals surface area contributed by atoms with E-state index in [2.05, 4.69) is 0 Å². The number of nitrogens with zero attached hydrogens (tertiary/aromatic N) is 2. The summed E-state index contributed by atoms with van der Waals surface area (Å²) >= 11 is 1.41. The molecule has 1 atom stereocenters. The van der Waals surface area contributed by atoms with E-state index in [9.17, 15) is 9.59 Å². The molecule has 0 saturated carbocycles. The number of carboxylic acid groups (broad SMARTS) is 1. The minimum atomic E-state index is -0.998. The number of carbonyl (C=O) groups excluding carboxylic acids is 1. The van der Waals surface area contributed by atoms with Gasteiger partial charge in [-0.25, -0.2) is 4.79 Å². The lowest BCUT2D eigenvalue weighted by molar-refractivity contribution is -0.148. The Morgan fingerprint density at radius 3 is 2.75 bits per heavy atom. The van der Waals surface area contributed by atoms with E-state index in [4.69, 9.17) is 15.1 Å². The maximum Gasteiger partial charge on any atom is 0.327 e. The van der Waals surface area contributed by atoms with Gasteiger partial charge in [0.05, 0.1) is 17.5 Å². The fourth-order valence-corrected chi connectivity index (χ4v) is 2.92. The van der Waals surface area contributed by atoms with Crippen LogP contribution in [0.2, 0.25) is 0 Å². The van der Waals surface area contributed by atoms with E-state index in [1.807, 2.05) is 6.07 Å². The van der Waals surface area contributed by atoms with Crippen LogP contribution in [0, 0.1) is 11.3 Å². The van der Waals surface area contributed by atoms with Crippen LogP contribution in [0.25, 0.3) is 0 Å². The molecule has 0 aliphatic carbocycles. The molecule has 1 heterocycles. The van der Waals surface area contributed by atoms with E-state index in [1.54, 1.807) is 24.3 Å². The fourth-order valence-electron chi connectivity index (χ4n) is 1.75. The lowest BCUT2D eigenvalue weighted by Gasteiger charge is -2.20. The molecule has 1 amide bonds. The maximum absolute atomic E-state index is 11.9. The van der Waals surface area contributed by atoms with Crippen molar-refractivity contribution in [3.63, 3.8) is 0 Å². The Hall–Kier alpha value is -2.20. The zero-order valence-corrected chi connectivity index (χ0v) is 11.3. The van der Waals surface area contributed by atoms with Crippen LogP contribution >= 0.6 is 11.8 Å². The van der Waals surface area contributed by atoms with Crippen LogP contribution in [-0.2, 0) is 9.59 Å². The molecular formula is C13H12N2O4S. The van der Waals surface area contributed by atoms with Crippen molar-refractivity contribution in [1.82, 2.24) is 4.90 Å². The normalized spacial score (nSPS) is 17.6. The molecule has 1 saturated heterocycles. The van der Waals surface area contributed by atoms with Crippen molar-refractivity contribution >= 4 is 23.6 Å². The molecule has 0 spiro atoms. The lowest BCUT2D eigenvalue weighted by atomic mass is 10.2. The molecular weight excluding hydrogens is 280 g/mol. The van der Waals surface area contributed by atoms with Gasteiger partial charge in [-0.2, -0.15) is 5.26 Å². The molecule has 0 aromatic heterocycles. The lowest BCUT2D eigenvalue weighted by Crippen LogP contribution is -2.43. The van der Waals surface area contributed by atoms with Crippen LogP contribution in [0.3, 0.4) is 0 Å². The van der Waals surface area contributed by atoms with E-state index in [0.717, 1.165) is 0 Å². The standard InChI is InChI=1S/C13H12N2O4S/c14-5-9-1-3-10(4-2-9)19-6-12(16)15-8-20-7-11(15)13(17)18/h1-4,11H,6-8H2,(H,17,18). The number of ether oxygens (including phenoxy) is 1. The highest BCUT2D eigenvalue weighted by molar-refractivity contribution is 7.99. The Bertz CT molecular complexity index is 552. The van der Waals surface area contributed by atoms with Gasteiger partial charge < -0.3 is 14.7 Å². The number of hydrogen-bond acceptors (Lipinski definition) is 5. The highest BCUT2D eigenvalue weighted by Crippen LogP contribution is 2.21. The molecule has 0 radical (unpaired) electrons. The number of amides is 1. The topological polar surface area (TPSA) is 90.6 Å². The summed E-state index contributed by atoms with van der Waals surface area (Å²) in [5.41, 5.74) is 0.505. The Kier molecular flexibility index (Phi) is 4.48. The Morgan fingerprint density at radius 2 is 2.15 bits per heavy atom. The Morgan fingerprint density at radius 1 is 1.45 bits per heavy atom. The molecule has 7 heteroatoms. The van der Waals surface area contributed by atoms with Crippen LogP contribution in [0.5, 0.6) is 5.75 Å². The van der Waals surface area contributed by atoms with Gasteiger partial charge in [-0.05, 0) is 24.3 Å². The molecule has 2 rings (SSSR count). The first-order valence-corrected chi connectivity index (χ1v) is 7.00. The second-order valence-electron chi connectivity index (χ2n) is 4.14. The number of nitriles is 1. The highest BCUT2D eigenvalue weighted by Gasteiger charge is 2.34. The minimum absolute atomic E-state index is 0.212. The van der Waals surface area contributed by atoms with Crippen molar-refractivity contribution < 1.29 is 19.4 Å². The zero-order chi connectivity index (χ0) is 14.5. The predicted octanol–water partition coefficient (Wildman–Crippen LogP) is 0.923. The van der Waals surface area contributed by atoms with Crippen LogP contribution in [0.15, 0.2) is 24.3 Å². The summed E-state index contributed by atoms with van der Waals surface area (Å²) in [6.45, 7) is -0.212. The van der Waals surface area contributed by atoms with Gasteiger partial charge in [0.15, 0.2) is 6.61 Å². The Balaban J connectivity index is 1.91. The van der Waals surface area contributed by atoms with Crippen molar-refractivity contribution in [1.29, 1.82) is 5.26 Å². The van der Waals surface area contributed by atoms with E-state index in [-0.39, 0.29) is 12.5 Å². The third kappa shape index (κ3) is 3.22. The van der Waals surface area contributed by atoms with Gasteiger partial charge in [-0.3, -0.25) is 4.79 Å². The molecule has 0 bridgehead atoms.